The van der Waals surface area contributed by atoms with E-state index in [9.17, 15) is 13.2 Å². The Morgan fingerprint density at radius 3 is 2.76 bits per heavy atom. The van der Waals surface area contributed by atoms with Gasteiger partial charge in [0.15, 0.2) is 5.65 Å². The minimum absolute atomic E-state index is 0.0289. The lowest BCUT2D eigenvalue weighted by atomic mass is 10.3. The molecule has 0 aromatic carbocycles. The van der Waals surface area contributed by atoms with Crippen molar-refractivity contribution in [3.8, 4) is 0 Å². The third kappa shape index (κ3) is 2.75. The van der Waals surface area contributed by atoms with Gasteiger partial charge in [-0.2, -0.15) is 17.7 Å². The predicted octanol–water partition coefficient (Wildman–Crippen LogP) is 2.71. The first-order chi connectivity index (χ1) is 11.9. The van der Waals surface area contributed by atoms with E-state index in [1.54, 1.807) is 6.07 Å². The van der Waals surface area contributed by atoms with Crippen LogP contribution in [-0.4, -0.2) is 29.2 Å². The van der Waals surface area contributed by atoms with E-state index in [1.165, 1.54) is 6.07 Å². The van der Waals surface area contributed by atoms with Crippen molar-refractivity contribution in [1.82, 2.24) is 29.2 Å². The maximum Gasteiger partial charge on any atom is 0.453 e. The monoisotopic (exact) mass is 347 g/mol. The third-order valence-corrected chi connectivity index (χ3v) is 3.69. The summed E-state index contributed by atoms with van der Waals surface area (Å²) >= 11 is 0. The van der Waals surface area contributed by atoms with E-state index < -0.39 is 12.0 Å². The summed E-state index contributed by atoms with van der Waals surface area (Å²) in [6.07, 6.45) is -0.881. The van der Waals surface area contributed by atoms with Crippen LogP contribution in [0.1, 0.15) is 17.1 Å². The molecule has 128 valence electrons. The van der Waals surface area contributed by atoms with Crippen LogP contribution < -0.4 is 5.32 Å². The number of hydrogen-bond donors (Lipinski definition) is 1. The summed E-state index contributed by atoms with van der Waals surface area (Å²) < 4.78 is 41.2. The second-order valence-electron chi connectivity index (χ2n) is 5.52. The number of halogens is 3. The molecule has 0 saturated heterocycles. The van der Waals surface area contributed by atoms with Crippen molar-refractivity contribution in [3.05, 3.63) is 53.7 Å². The van der Waals surface area contributed by atoms with Crippen LogP contribution in [0.3, 0.4) is 0 Å². The van der Waals surface area contributed by atoms with Crippen LogP contribution in [0.25, 0.3) is 11.3 Å². The van der Waals surface area contributed by atoms with Gasteiger partial charge < -0.3 is 9.72 Å². The van der Waals surface area contributed by atoms with Gasteiger partial charge in [0, 0.05) is 12.4 Å². The molecule has 1 N–H and O–H groups in total. The molecular weight excluding hydrogens is 335 g/mol. The van der Waals surface area contributed by atoms with Crippen LogP contribution in [0.15, 0.2) is 36.7 Å². The molecule has 7 nitrogen and oxygen atoms in total. The number of pyridine rings is 1. The zero-order valence-electron chi connectivity index (χ0n) is 13.0. The van der Waals surface area contributed by atoms with E-state index in [2.05, 4.69) is 25.6 Å². The molecule has 0 aliphatic heterocycles. The molecule has 10 heteroatoms. The molecule has 0 spiro atoms. The van der Waals surface area contributed by atoms with Gasteiger partial charge in [-0.15, -0.1) is 15.3 Å². The Hall–Kier alpha value is -3.17. The van der Waals surface area contributed by atoms with Crippen LogP contribution in [0.5, 0.6) is 0 Å². The Morgan fingerprint density at radius 1 is 1.16 bits per heavy atom. The van der Waals surface area contributed by atoms with Crippen molar-refractivity contribution in [2.24, 2.45) is 0 Å². The fourth-order valence-electron chi connectivity index (χ4n) is 2.53. The summed E-state index contributed by atoms with van der Waals surface area (Å²) in [6.45, 7) is 2.28. The average Bonchev–Trinajstić information content (AvgIpc) is 3.16. The number of alkyl halides is 3. The predicted molar refractivity (Wildman–Crippen MR) is 83.0 cm³/mol. The highest BCUT2D eigenvalue weighted by Gasteiger charge is 2.37. The van der Waals surface area contributed by atoms with Crippen LogP contribution >= 0.6 is 0 Å². The zero-order chi connectivity index (χ0) is 17.6. The van der Waals surface area contributed by atoms with Crippen LogP contribution in [0.2, 0.25) is 0 Å². The fourth-order valence-corrected chi connectivity index (χ4v) is 2.53. The molecule has 4 heterocycles. The first-order valence-corrected chi connectivity index (χ1v) is 7.38. The summed E-state index contributed by atoms with van der Waals surface area (Å²) in [7, 11) is 0. The second kappa shape index (κ2) is 5.43. The fraction of sp³-hybridized carbons (Fsp3) is 0.200. The Labute approximate surface area is 139 Å². The SMILES string of the molecule is Cc1cccn2cc(CNc3ccc4nnc(C(F)(F)F)n4n3)nc12. The number of rotatable bonds is 3. The normalized spacial score (nSPS) is 12.2. The Kier molecular flexibility index (Phi) is 3.34. The number of anilines is 1. The molecule has 4 aromatic heterocycles. The number of imidazole rings is 1. The van der Waals surface area contributed by atoms with Gasteiger partial charge in [0.05, 0.1) is 12.2 Å². The lowest BCUT2D eigenvalue weighted by Crippen LogP contribution is -2.13. The van der Waals surface area contributed by atoms with Crippen molar-refractivity contribution in [1.29, 1.82) is 0 Å². The molecule has 0 atom stereocenters. The highest BCUT2D eigenvalue weighted by molar-refractivity contribution is 5.49. The smallest absolute Gasteiger partial charge is 0.363 e. The average molecular weight is 347 g/mol. The Morgan fingerprint density at radius 2 is 2.00 bits per heavy atom. The molecule has 0 radical (unpaired) electrons. The maximum absolute atomic E-state index is 12.9. The number of hydrogen-bond acceptors (Lipinski definition) is 5. The number of fused-ring (bicyclic) bond motifs is 2. The summed E-state index contributed by atoms with van der Waals surface area (Å²) in [5.74, 6) is -0.888. The van der Waals surface area contributed by atoms with Gasteiger partial charge in [0.25, 0.3) is 5.82 Å². The number of aryl methyl sites for hydroxylation is 1. The highest BCUT2D eigenvalue weighted by Crippen LogP contribution is 2.27. The lowest BCUT2D eigenvalue weighted by Gasteiger charge is -2.06. The number of nitrogens with one attached hydrogen (secondary N) is 1. The molecule has 0 amide bonds. The Bertz CT molecular complexity index is 1060. The van der Waals surface area contributed by atoms with E-state index in [1.807, 2.05) is 35.9 Å². The van der Waals surface area contributed by atoms with Crippen molar-refractivity contribution < 1.29 is 13.2 Å². The Balaban J connectivity index is 1.60. The van der Waals surface area contributed by atoms with Gasteiger partial charge in [-0.25, -0.2) is 4.98 Å². The summed E-state index contributed by atoms with van der Waals surface area (Å²) in [5.41, 5.74) is 2.64. The molecule has 0 aliphatic carbocycles. The lowest BCUT2D eigenvalue weighted by molar-refractivity contribution is -0.146. The second-order valence-corrected chi connectivity index (χ2v) is 5.52. The van der Waals surface area contributed by atoms with Crippen molar-refractivity contribution >= 4 is 17.1 Å². The molecule has 4 aromatic rings. The molecule has 0 unspecified atom stereocenters. The van der Waals surface area contributed by atoms with Crippen LogP contribution in [0.4, 0.5) is 19.0 Å². The quantitative estimate of drug-likeness (QED) is 0.617. The van der Waals surface area contributed by atoms with E-state index >= 15 is 0 Å². The summed E-state index contributed by atoms with van der Waals surface area (Å²) in [4.78, 5) is 4.50. The summed E-state index contributed by atoms with van der Waals surface area (Å²) in [5, 5.41) is 13.5. The first-order valence-electron chi connectivity index (χ1n) is 7.38. The van der Waals surface area contributed by atoms with E-state index in [0.29, 0.717) is 11.1 Å². The van der Waals surface area contributed by atoms with Gasteiger partial charge in [-0.05, 0) is 30.7 Å². The largest absolute Gasteiger partial charge is 0.453 e. The van der Waals surface area contributed by atoms with Gasteiger partial charge in [-0.1, -0.05) is 6.07 Å². The molecule has 25 heavy (non-hydrogen) atoms. The van der Waals surface area contributed by atoms with Crippen LogP contribution in [-0.2, 0) is 12.7 Å². The van der Waals surface area contributed by atoms with Gasteiger partial charge in [0.1, 0.15) is 11.5 Å². The van der Waals surface area contributed by atoms with Crippen molar-refractivity contribution in [3.63, 3.8) is 0 Å². The van der Waals surface area contributed by atoms with E-state index in [4.69, 9.17) is 0 Å². The molecular formula is C15H12F3N7. The van der Waals surface area contributed by atoms with Gasteiger partial charge in [-0.3, -0.25) is 0 Å². The highest BCUT2D eigenvalue weighted by atomic mass is 19.4. The number of aromatic nitrogens is 6. The molecule has 0 fully saturated rings. The minimum atomic E-state index is -4.62. The minimum Gasteiger partial charge on any atom is -0.363 e. The van der Waals surface area contributed by atoms with Crippen molar-refractivity contribution in [2.45, 2.75) is 19.6 Å². The van der Waals surface area contributed by atoms with Gasteiger partial charge in [0.2, 0.25) is 0 Å². The summed E-state index contributed by atoms with van der Waals surface area (Å²) in [6, 6.07) is 6.85. The molecule has 4 rings (SSSR count). The molecule has 0 aliphatic rings. The topological polar surface area (TPSA) is 72.4 Å². The van der Waals surface area contributed by atoms with E-state index in [-0.39, 0.29) is 11.5 Å². The van der Waals surface area contributed by atoms with E-state index in [0.717, 1.165) is 16.9 Å². The standard InChI is InChI=1S/C15H12F3N7/c1-9-3-2-6-24-8-10(20-13(9)24)7-19-11-4-5-12-21-22-14(15(16,17)18)25(12)23-11/h2-6,8H,7H2,1H3,(H,19,23). The number of nitrogens with zero attached hydrogens (tertiary/aromatic N) is 6. The third-order valence-electron chi connectivity index (χ3n) is 3.69. The zero-order valence-corrected chi connectivity index (χ0v) is 13.0. The maximum atomic E-state index is 12.9. The first kappa shape index (κ1) is 15.4. The molecule has 0 saturated carbocycles. The van der Waals surface area contributed by atoms with Crippen LogP contribution in [0, 0.1) is 6.92 Å². The van der Waals surface area contributed by atoms with Gasteiger partial charge >= 0.3 is 6.18 Å². The van der Waals surface area contributed by atoms with Crippen molar-refractivity contribution in [2.75, 3.05) is 5.32 Å². The molecule has 0 bridgehead atoms.